The van der Waals surface area contributed by atoms with Crippen molar-refractivity contribution in [2.45, 2.75) is 0 Å². The van der Waals surface area contributed by atoms with E-state index in [1.165, 1.54) is 6.26 Å². The van der Waals surface area contributed by atoms with Crippen LogP contribution in [0.1, 0.15) is 10.5 Å². The number of aldehydes is 1. The van der Waals surface area contributed by atoms with Crippen LogP contribution in [0, 0.1) is 0 Å². The zero-order chi connectivity index (χ0) is 10.8. The van der Waals surface area contributed by atoms with Gasteiger partial charge in [-0.25, -0.2) is 4.98 Å². The highest BCUT2D eigenvalue weighted by Gasteiger charge is 2.07. The third kappa shape index (κ3) is 2.19. The Hall–Kier alpha value is -1.32. The average molecular weight is 242 g/mol. The fraction of sp³-hybridized carbons (Fsp3) is 0. The molecule has 0 saturated heterocycles. The number of hydrogen-bond acceptors (Lipinski definition) is 3. The first-order valence-electron chi connectivity index (χ1n) is 4.06. The number of nitrogens with zero attached hydrogens (tertiary/aromatic N) is 1. The highest BCUT2D eigenvalue weighted by Crippen LogP contribution is 2.26. The lowest BCUT2D eigenvalue weighted by Gasteiger charge is -1.97. The zero-order valence-electron chi connectivity index (χ0n) is 7.41. The topological polar surface area (TPSA) is 43.1 Å². The summed E-state index contributed by atoms with van der Waals surface area (Å²) in [5.74, 6) is 0.321. The molecule has 0 saturated carbocycles. The third-order valence-corrected chi connectivity index (χ3v) is 2.19. The van der Waals surface area contributed by atoms with Crippen molar-refractivity contribution < 1.29 is 9.21 Å². The maximum Gasteiger partial charge on any atom is 0.226 e. The third-order valence-electron chi connectivity index (χ3n) is 1.75. The smallest absolute Gasteiger partial charge is 0.226 e. The fourth-order valence-corrected chi connectivity index (χ4v) is 1.68. The number of oxazole rings is 1. The number of benzene rings is 1. The Labute approximate surface area is 95.6 Å². The molecule has 0 fully saturated rings. The summed E-state index contributed by atoms with van der Waals surface area (Å²) in [6.45, 7) is 0. The second-order valence-corrected chi connectivity index (χ2v) is 3.73. The molecule has 2 aromatic rings. The van der Waals surface area contributed by atoms with Gasteiger partial charge in [-0.15, -0.1) is 0 Å². The molecule has 1 aromatic heterocycles. The summed E-state index contributed by atoms with van der Waals surface area (Å²) in [7, 11) is 0. The number of carbonyl (C=O) groups excluding carboxylic acids is 1. The molecule has 3 nitrogen and oxygen atoms in total. The molecule has 0 unspecified atom stereocenters. The lowest BCUT2D eigenvalue weighted by Crippen LogP contribution is -1.81. The summed E-state index contributed by atoms with van der Waals surface area (Å²) < 4.78 is 5.09. The van der Waals surface area contributed by atoms with Crippen LogP contribution in [0.4, 0.5) is 0 Å². The molecule has 76 valence electrons. The van der Waals surface area contributed by atoms with Gasteiger partial charge in [0.15, 0.2) is 6.29 Å². The first-order chi connectivity index (χ1) is 7.19. The van der Waals surface area contributed by atoms with E-state index in [1.807, 2.05) is 0 Å². The van der Waals surface area contributed by atoms with E-state index in [9.17, 15) is 4.79 Å². The zero-order valence-corrected chi connectivity index (χ0v) is 8.92. The van der Waals surface area contributed by atoms with E-state index in [0.29, 0.717) is 27.8 Å². The van der Waals surface area contributed by atoms with E-state index < -0.39 is 0 Å². The second kappa shape index (κ2) is 4.04. The molecule has 2 rings (SSSR count). The van der Waals surface area contributed by atoms with Crippen molar-refractivity contribution >= 4 is 29.5 Å². The minimum Gasteiger partial charge on any atom is -0.444 e. The molecule has 1 heterocycles. The monoisotopic (exact) mass is 241 g/mol. The Morgan fingerprint density at radius 1 is 1.20 bits per heavy atom. The van der Waals surface area contributed by atoms with Crippen LogP contribution in [-0.4, -0.2) is 11.3 Å². The maximum atomic E-state index is 10.4. The Bertz CT molecular complexity index is 488. The Morgan fingerprint density at radius 3 is 2.40 bits per heavy atom. The van der Waals surface area contributed by atoms with Crippen LogP contribution in [0.3, 0.4) is 0 Å². The molecule has 0 bridgehead atoms. The summed E-state index contributed by atoms with van der Waals surface area (Å²) in [6, 6.07) is 4.93. The fourth-order valence-electron chi connectivity index (χ4n) is 1.15. The van der Waals surface area contributed by atoms with Crippen molar-refractivity contribution in [1.82, 2.24) is 4.98 Å². The molecular formula is C10H5Cl2NO2. The molecule has 0 spiro atoms. The van der Waals surface area contributed by atoms with Gasteiger partial charge >= 0.3 is 0 Å². The van der Waals surface area contributed by atoms with Gasteiger partial charge < -0.3 is 4.42 Å². The van der Waals surface area contributed by atoms with E-state index in [2.05, 4.69) is 4.98 Å². The first kappa shape index (κ1) is 10.2. The van der Waals surface area contributed by atoms with Crippen LogP contribution in [0.15, 0.2) is 28.9 Å². The van der Waals surface area contributed by atoms with Crippen LogP contribution < -0.4 is 0 Å². The average Bonchev–Trinajstić information content (AvgIpc) is 2.64. The molecule has 0 amide bonds. The highest BCUT2D eigenvalue weighted by molar-refractivity contribution is 6.35. The van der Waals surface area contributed by atoms with Crippen molar-refractivity contribution in [2.75, 3.05) is 0 Å². The standard InChI is InChI=1S/C10H5Cl2NO2/c11-7-1-6(2-8(12)3-7)10-13-9(4-14)5-15-10/h1-5H. The Kier molecular flexibility index (Phi) is 2.75. The van der Waals surface area contributed by atoms with Gasteiger partial charge in [0.2, 0.25) is 5.89 Å². The number of aromatic nitrogens is 1. The number of hydrogen-bond donors (Lipinski definition) is 0. The van der Waals surface area contributed by atoms with Crippen molar-refractivity contribution in [1.29, 1.82) is 0 Å². The minimum absolute atomic E-state index is 0.237. The Balaban J connectivity index is 2.48. The lowest BCUT2D eigenvalue weighted by atomic mass is 10.2. The van der Waals surface area contributed by atoms with Gasteiger partial charge in [-0.1, -0.05) is 23.2 Å². The van der Waals surface area contributed by atoms with E-state index in [4.69, 9.17) is 27.6 Å². The lowest BCUT2D eigenvalue weighted by molar-refractivity contribution is 0.111. The van der Waals surface area contributed by atoms with Crippen molar-refractivity contribution in [3.8, 4) is 11.5 Å². The van der Waals surface area contributed by atoms with Gasteiger partial charge in [0, 0.05) is 15.6 Å². The van der Waals surface area contributed by atoms with Gasteiger partial charge in [-0.3, -0.25) is 4.79 Å². The summed E-state index contributed by atoms with van der Waals surface area (Å²) in [5, 5.41) is 0.978. The molecule has 5 heteroatoms. The van der Waals surface area contributed by atoms with Gasteiger partial charge in [0.25, 0.3) is 0 Å². The maximum absolute atomic E-state index is 10.4. The number of rotatable bonds is 2. The van der Waals surface area contributed by atoms with E-state index >= 15 is 0 Å². The van der Waals surface area contributed by atoms with E-state index in [0.717, 1.165) is 0 Å². The quantitative estimate of drug-likeness (QED) is 0.757. The van der Waals surface area contributed by atoms with Crippen LogP contribution in [0.25, 0.3) is 11.5 Å². The van der Waals surface area contributed by atoms with E-state index in [1.54, 1.807) is 18.2 Å². The van der Waals surface area contributed by atoms with Gasteiger partial charge in [0.05, 0.1) is 0 Å². The normalized spacial score (nSPS) is 10.3. The molecule has 1 aromatic carbocycles. The van der Waals surface area contributed by atoms with Crippen LogP contribution in [0.5, 0.6) is 0 Å². The molecule has 0 N–H and O–H groups in total. The molecule has 0 aliphatic heterocycles. The second-order valence-electron chi connectivity index (χ2n) is 2.85. The van der Waals surface area contributed by atoms with Crippen molar-refractivity contribution in [2.24, 2.45) is 0 Å². The van der Waals surface area contributed by atoms with Gasteiger partial charge in [-0.2, -0.15) is 0 Å². The van der Waals surface area contributed by atoms with E-state index in [-0.39, 0.29) is 5.69 Å². The first-order valence-corrected chi connectivity index (χ1v) is 4.82. The predicted molar refractivity (Wildman–Crippen MR) is 57.3 cm³/mol. The van der Waals surface area contributed by atoms with Crippen molar-refractivity contribution in [3.63, 3.8) is 0 Å². The largest absolute Gasteiger partial charge is 0.444 e. The minimum atomic E-state index is 0.237. The Morgan fingerprint density at radius 2 is 1.87 bits per heavy atom. The number of carbonyl (C=O) groups is 1. The summed E-state index contributed by atoms with van der Waals surface area (Å²) >= 11 is 11.6. The SMILES string of the molecule is O=Cc1coc(-c2cc(Cl)cc(Cl)c2)n1. The van der Waals surface area contributed by atoms with Crippen LogP contribution >= 0.6 is 23.2 Å². The summed E-state index contributed by atoms with van der Waals surface area (Å²) in [5.41, 5.74) is 0.877. The van der Waals surface area contributed by atoms with Crippen molar-refractivity contribution in [3.05, 3.63) is 40.2 Å². The van der Waals surface area contributed by atoms with Crippen LogP contribution in [0.2, 0.25) is 10.0 Å². The van der Waals surface area contributed by atoms with Gasteiger partial charge in [0.1, 0.15) is 12.0 Å². The van der Waals surface area contributed by atoms with Gasteiger partial charge in [-0.05, 0) is 18.2 Å². The molecule has 0 radical (unpaired) electrons. The molecular weight excluding hydrogens is 237 g/mol. The van der Waals surface area contributed by atoms with Crippen LogP contribution in [-0.2, 0) is 0 Å². The molecule has 0 aliphatic carbocycles. The number of halogens is 2. The molecule has 0 aliphatic rings. The summed E-state index contributed by atoms with van der Waals surface area (Å²) in [4.78, 5) is 14.3. The highest BCUT2D eigenvalue weighted by atomic mass is 35.5. The predicted octanol–water partition coefficient (Wildman–Crippen LogP) is 3.46. The summed E-state index contributed by atoms with van der Waals surface area (Å²) in [6.07, 6.45) is 1.89. The molecule has 15 heavy (non-hydrogen) atoms. The molecule has 0 atom stereocenters.